The fourth-order valence-corrected chi connectivity index (χ4v) is 8.15. The van der Waals surface area contributed by atoms with Crippen molar-refractivity contribution in [2.45, 2.75) is 29.7 Å². The largest absolute Gasteiger partial charge is 0.497 e. The molecule has 0 bridgehead atoms. The number of hydrogen-bond acceptors (Lipinski definition) is 7. The zero-order chi connectivity index (χ0) is 28.8. The first kappa shape index (κ1) is 27.3. The number of aryl methyl sites for hydroxylation is 1. The number of carbonyl (C=O) groups is 3. The summed E-state index contributed by atoms with van der Waals surface area (Å²) in [5, 5.41) is 3.09. The number of nitrogens with zero attached hydrogens (tertiary/aromatic N) is 2. The van der Waals surface area contributed by atoms with Crippen LogP contribution in [-0.4, -0.2) is 34.6 Å². The quantitative estimate of drug-likeness (QED) is 0.299. The van der Waals surface area contributed by atoms with E-state index in [9.17, 15) is 19.2 Å². The third-order valence-electron chi connectivity index (χ3n) is 7.25. The second kappa shape index (κ2) is 10.8. The molecular formula is C30H24ClN3O5S2. The molecular weight excluding hydrogens is 582 g/mol. The third-order valence-corrected chi connectivity index (χ3v) is 10.1. The van der Waals surface area contributed by atoms with E-state index in [1.807, 2.05) is 31.2 Å². The van der Waals surface area contributed by atoms with E-state index in [4.69, 9.17) is 16.3 Å². The predicted molar refractivity (Wildman–Crippen MR) is 160 cm³/mol. The van der Waals surface area contributed by atoms with Crippen molar-refractivity contribution in [2.75, 3.05) is 17.3 Å². The van der Waals surface area contributed by atoms with Gasteiger partial charge in [0.05, 0.1) is 23.7 Å². The summed E-state index contributed by atoms with van der Waals surface area (Å²) in [5.74, 6) is -1.66. The molecule has 0 radical (unpaired) electrons. The number of thioether (sulfide) groups is 1. The van der Waals surface area contributed by atoms with Crippen molar-refractivity contribution < 1.29 is 19.1 Å². The summed E-state index contributed by atoms with van der Waals surface area (Å²) in [4.78, 5) is 55.6. The summed E-state index contributed by atoms with van der Waals surface area (Å²) >= 11 is 8.14. The number of carbonyl (C=O) groups excluding carboxylic acids is 3. The zero-order valence-corrected chi connectivity index (χ0v) is 24.4. The lowest BCUT2D eigenvalue weighted by molar-refractivity contribution is -0.122. The van der Waals surface area contributed by atoms with E-state index in [2.05, 4.69) is 5.32 Å². The SMILES string of the molecule is COc1ccc([C@@H]2c3sc(=O)n(CC(=O)Nc4ccc(Cl)cc4)c3SC3C(=O)N(c4ccc(C)cc4)C(=O)C32)cc1. The number of anilines is 2. The lowest BCUT2D eigenvalue weighted by Gasteiger charge is -2.30. The van der Waals surface area contributed by atoms with Crippen LogP contribution in [0.1, 0.15) is 21.9 Å². The molecule has 0 saturated carbocycles. The monoisotopic (exact) mass is 605 g/mol. The molecule has 11 heteroatoms. The summed E-state index contributed by atoms with van der Waals surface area (Å²) in [5.41, 5.74) is 2.86. The van der Waals surface area contributed by atoms with Crippen LogP contribution in [0.3, 0.4) is 0 Å². The predicted octanol–water partition coefficient (Wildman–Crippen LogP) is 5.31. The number of benzene rings is 3. The number of aromatic nitrogens is 1. The molecule has 1 saturated heterocycles. The van der Waals surface area contributed by atoms with Gasteiger partial charge in [-0.3, -0.25) is 23.7 Å². The summed E-state index contributed by atoms with van der Waals surface area (Å²) < 4.78 is 6.72. The van der Waals surface area contributed by atoms with Gasteiger partial charge < -0.3 is 10.1 Å². The van der Waals surface area contributed by atoms with Gasteiger partial charge in [0.2, 0.25) is 17.7 Å². The van der Waals surface area contributed by atoms with Crippen molar-refractivity contribution in [3.63, 3.8) is 0 Å². The van der Waals surface area contributed by atoms with Crippen molar-refractivity contribution in [2.24, 2.45) is 5.92 Å². The molecule has 3 amide bonds. The van der Waals surface area contributed by atoms with Crippen LogP contribution >= 0.6 is 34.7 Å². The highest BCUT2D eigenvalue weighted by Crippen LogP contribution is 2.54. The number of fused-ring (bicyclic) bond motifs is 2. The molecule has 208 valence electrons. The molecule has 2 aliphatic rings. The van der Waals surface area contributed by atoms with E-state index in [0.29, 0.717) is 32.1 Å². The topological polar surface area (TPSA) is 97.7 Å². The maximum absolute atomic E-state index is 14.0. The number of thiazole rings is 1. The molecule has 1 fully saturated rings. The van der Waals surface area contributed by atoms with Gasteiger partial charge in [-0.1, -0.05) is 64.5 Å². The number of amides is 3. The Balaban J connectivity index is 1.40. The van der Waals surface area contributed by atoms with Crippen LogP contribution in [0.25, 0.3) is 0 Å². The molecule has 0 aliphatic carbocycles. The molecule has 3 atom stereocenters. The number of hydrogen-bond donors (Lipinski definition) is 1. The van der Waals surface area contributed by atoms with Gasteiger partial charge in [-0.05, 0) is 61.0 Å². The Morgan fingerprint density at radius 3 is 2.29 bits per heavy atom. The normalized spacial score (nSPS) is 19.6. The van der Waals surface area contributed by atoms with Crippen molar-refractivity contribution in [3.05, 3.63) is 103 Å². The fourth-order valence-electron chi connectivity index (χ4n) is 5.25. The molecule has 3 heterocycles. The molecule has 8 nitrogen and oxygen atoms in total. The van der Waals surface area contributed by atoms with Gasteiger partial charge in [-0.15, -0.1) is 0 Å². The van der Waals surface area contributed by atoms with Crippen molar-refractivity contribution in [1.29, 1.82) is 0 Å². The Bertz CT molecular complexity index is 1720. The van der Waals surface area contributed by atoms with E-state index in [-0.39, 0.29) is 23.2 Å². The first-order valence-corrected chi connectivity index (χ1v) is 14.9. The average Bonchev–Trinajstić information content (AvgIpc) is 3.41. The minimum absolute atomic E-state index is 0.239. The van der Waals surface area contributed by atoms with Crippen molar-refractivity contribution >= 4 is 63.8 Å². The number of ether oxygens (including phenoxy) is 1. The highest BCUT2D eigenvalue weighted by molar-refractivity contribution is 8.00. The first-order valence-electron chi connectivity index (χ1n) is 12.8. The Hall–Kier alpha value is -3.86. The van der Waals surface area contributed by atoms with E-state index in [1.165, 1.54) is 21.2 Å². The van der Waals surface area contributed by atoms with Crippen molar-refractivity contribution in [3.8, 4) is 5.75 Å². The molecule has 1 N–H and O–H groups in total. The highest BCUT2D eigenvalue weighted by atomic mass is 35.5. The number of methoxy groups -OCH3 is 1. The second-order valence-corrected chi connectivity index (χ2v) is 12.4. The molecule has 41 heavy (non-hydrogen) atoms. The standard InChI is InChI=1S/C30H24ClN3O5S2/c1-16-3-11-20(12-4-16)34-27(36)24-23(17-5-13-21(39-2)14-6-17)26-29(40-25(24)28(34)37)33(30(38)41-26)15-22(35)32-19-9-7-18(31)8-10-19/h3-14,23-25H,15H2,1-2H3,(H,32,35)/t23-,24?,25?/m0/s1. The molecule has 6 rings (SSSR count). The van der Waals surface area contributed by atoms with E-state index in [0.717, 1.165) is 22.5 Å². The minimum Gasteiger partial charge on any atom is -0.497 e. The lowest BCUT2D eigenvalue weighted by Crippen LogP contribution is -2.33. The van der Waals surface area contributed by atoms with Gasteiger partial charge in [0.15, 0.2) is 0 Å². The smallest absolute Gasteiger partial charge is 0.308 e. The molecule has 3 aromatic carbocycles. The molecule has 0 spiro atoms. The first-order chi connectivity index (χ1) is 19.7. The van der Waals surface area contributed by atoms with Crippen molar-refractivity contribution in [1.82, 2.24) is 4.57 Å². The van der Waals surface area contributed by atoms with Gasteiger partial charge in [-0.25, -0.2) is 4.90 Å². The van der Waals surface area contributed by atoms with E-state index in [1.54, 1.807) is 55.6 Å². The zero-order valence-electron chi connectivity index (χ0n) is 22.0. The number of imide groups is 1. The van der Waals surface area contributed by atoms with E-state index >= 15 is 0 Å². The summed E-state index contributed by atoms with van der Waals surface area (Å²) in [6.45, 7) is 1.70. The Morgan fingerprint density at radius 1 is 0.951 bits per heavy atom. The van der Waals surface area contributed by atoms with Gasteiger partial charge in [0.1, 0.15) is 17.5 Å². The Kier molecular flexibility index (Phi) is 7.23. The molecule has 4 aromatic rings. The van der Waals surface area contributed by atoms with Gasteiger partial charge in [0.25, 0.3) is 0 Å². The average molecular weight is 606 g/mol. The molecule has 2 aliphatic heterocycles. The molecule has 1 aromatic heterocycles. The van der Waals surface area contributed by atoms with Crippen LogP contribution < -0.4 is 19.8 Å². The van der Waals surface area contributed by atoms with Crippen LogP contribution in [0.5, 0.6) is 5.75 Å². The molecule has 2 unspecified atom stereocenters. The lowest BCUT2D eigenvalue weighted by atomic mass is 9.83. The van der Waals surface area contributed by atoms with Crippen LogP contribution in [0.2, 0.25) is 5.02 Å². The third kappa shape index (κ3) is 4.96. The van der Waals surface area contributed by atoms with Gasteiger partial charge >= 0.3 is 4.87 Å². The van der Waals surface area contributed by atoms with Crippen LogP contribution in [0, 0.1) is 12.8 Å². The summed E-state index contributed by atoms with van der Waals surface area (Å²) in [6, 6.07) is 21.2. The second-order valence-electron chi connectivity index (χ2n) is 9.84. The van der Waals surface area contributed by atoms with Crippen LogP contribution in [-0.2, 0) is 20.9 Å². The van der Waals surface area contributed by atoms with Gasteiger partial charge in [0, 0.05) is 21.5 Å². The van der Waals surface area contributed by atoms with Gasteiger partial charge in [-0.2, -0.15) is 0 Å². The number of halogens is 1. The minimum atomic E-state index is -0.761. The fraction of sp³-hybridized carbons (Fsp3) is 0.200. The van der Waals surface area contributed by atoms with E-state index < -0.39 is 23.0 Å². The number of nitrogens with one attached hydrogen (secondary N) is 1. The van der Waals surface area contributed by atoms with Crippen LogP contribution in [0.15, 0.2) is 82.6 Å². The Morgan fingerprint density at radius 2 is 1.63 bits per heavy atom. The van der Waals surface area contributed by atoms with Crippen LogP contribution in [0.4, 0.5) is 11.4 Å². The summed E-state index contributed by atoms with van der Waals surface area (Å²) in [7, 11) is 1.57. The summed E-state index contributed by atoms with van der Waals surface area (Å²) in [6.07, 6.45) is 0. The highest BCUT2D eigenvalue weighted by Gasteiger charge is 2.56. The number of rotatable bonds is 6. The maximum Gasteiger partial charge on any atom is 0.308 e. The maximum atomic E-state index is 14.0. The Labute approximate surface area is 248 Å².